The summed E-state index contributed by atoms with van der Waals surface area (Å²) in [4.78, 5) is 0. The highest BCUT2D eigenvalue weighted by molar-refractivity contribution is 7.88. The number of rotatable bonds is 2. The van der Waals surface area contributed by atoms with Crippen LogP contribution in [-0.4, -0.2) is 44.7 Å². The normalized spacial score (nSPS) is 32.2. The molecule has 5 heteroatoms. The van der Waals surface area contributed by atoms with Crippen LogP contribution in [-0.2, 0) is 15.4 Å². The molecule has 2 saturated heterocycles. The fourth-order valence-electron chi connectivity index (χ4n) is 3.69. The maximum absolute atomic E-state index is 12.0. The molecule has 0 radical (unpaired) electrons. The van der Waals surface area contributed by atoms with Crippen LogP contribution >= 0.6 is 0 Å². The summed E-state index contributed by atoms with van der Waals surface area (Å²) in [6.07, 6.45) is 3.26. The van der Waals surface area contributed by atoms with Crippen LogP contribution < -0.4 is 5.32 Å². The number of sulfonamides is 1. The standard InChI is InChI=1S/C14H20N2O2S/c1-19(17,18)16-10-8-14(7-9-15-11-13(14)16)12-5-3-2-4-6-12/h2-6,13,15H,7-11H2,1H3/t13-,14-/m1/s1. The minimum atomic E-state index is -3.13. The maximum Gasteiger partial charge on any atom is 0.211 e. The van der Waals surface area contributed by atoms with E-state index in [-0.39, 0.29) is 11.5 Å². The fourth-order valence-corrected chi connectivity index (χ4v) is 4.86. The molecule has 2 heterocycles. The largest absolute Gasteiger partial charge is 0.315 e. The number of nitrogens with one attached hydrogen (secondary N) is 1. The van der Waals surface area contributed by atoms with Crippen molar-refractivity contribution in [1.29, 1.82) is 0 Å². The highest BCUT2D eigenvalue weighted by Gasteiger charge is 2.52. The molecule has 1 aromatic carbocycles. The van der Waals surface area contributed by atoms with Crippen molar-refractivity contribution in [3.8, 4) is 0 Å². The van der Waals surface area contributed by atoms with Crippen molar-refractivity contribution >= 4 is 10.0 Å². The molecule has 3 rings (SSSR count). The summed E-state index contributed by atoms with van der Waals surface area (Å²) in [5, 5.41) is 3.35. The summed E-state index contributed by atoms with van der Waals surface area (Å²) in [5.74, 6) is 0. The summed E-state index contributed by atoms with van der Waals surface area (Å²) in [6.45, 7) is 2.35. The van der Waals surface area contributed by atoms with Gasteiger partial charge in [0.15, 0.2) is 0 Å². The second-order valence-corrected chi connectivity index (χ2v) is 7.55. The molecule has 1 N–H and O–H groups in total. The molecule has 0 bridgehead atoms. The number of nitrogens with zero attached hydrogens (tertiary/aromatic N) is 1. The van der Waals surface area contributed by atoms with Crippen molar-refractivity contribution in [2.45, 2.75) is 24.3 Å². The Balaban J connectivity index is 2.04. The smallest absolute Gasteiger partial charge is 0.211 e. The first-order valence-electron chi connectivity index (χ1n) is 6.77. The van der Waals surface area contributed by atoms with Crippen molar-refractivity contribution in [2.75, 3.05) is 25.9 Å². The Hall–Kier alpha value is -0.910. The molecule has 1 aromatic rings. The fraction of sp³-hybridized carbons (Fsp3) is 0.571. The summed E-state index contributed by atoms with van der Waals surface area (Å²) in [6, 6.07) is 10.4. The predicted molar refractivity (Wildman–Crippen MR) is 75.6 cm³/mol. The van der Waals surface area contributed by atoms with Gasteiger partial charge in [0.2, 0.25) is 10.0 Å². The molecule has 19 heavy (non-hydrogen) atoms. The van der Waals surface area contributed by atoms with Crippen molar-refractivity contribution in [3.63, 3.8) is 0 Å². The van der Waals surface area contributed by atoms with E-state index in [1.807, 2.05) is 18.2 Å². The van der Waals surface area contributed by atoms with Crippen LogP contribution in [0.1, 0.15) is 18.4 Å². The summed E-state index contributed by atoms with van der Waals surface area (Å²) < 4.78 is 25.6. The van der Waals surface area contributed by atoms with E-state index in [2.05, 4.69) is 17.4 Å². The van der Waals surface area contributed by atoms with Gasteiger partial charge in [0.1, 0.15) is 0 Å². The molecule has 2 aliphatic heterocycles. The Morgan fingerprint density at radius 3 is 2.68 bits per heavy atom. The van der Waals surface area contributed by atoms with Gasteiger partial charge in [0.25, 0.3) is 0 Å². The predicted octanol–water partition coefficient (Wildman–Crippen LogP) is 0.952. The van der Waals surface area contributed by atoms with Crippen LogP contribution in [0.15, 0.2) is 30.3 Å². The summed E-state index contributed by atoms with van der Waals surface area (Å²) in [7, 11) is -3.13. The van der Waals surface area contributed by atoms with E-state index in [0.29, 0.717) is 6.54 Å². The average molecular weight is 280 g/mol. The van der Waals surface area contributed by atoms with Gasteiger partial charge < -0.3 is 5.32 Å². The van der Waals surface area contributed by atoms with Gasteiger partial charge in [-0.2, -0.15) is 4.31 Å². The zero-order chi connectivity index (χ0) is 13.5. The molecule has 0 saturated carbocycles. The highest BCUT2D eigenvalue weighted by Crippen LogP contribution is 2.44. The van der Waals surface area contributed by atoms with Gasteiger partial charge >= 0.3 is 0 Å². The molecular weight excluding hydrogens is 260 g/mol. The van der Waals surface area contributed by atoms with Crippen molar-refractivity contribution in [1.82, 2.24) is 9.62 Å². The van der Waals surface area contributed by atoms with E-state index in [0.717, 1.165) is 25.9 Å². The highest BCUT2D eigenvalue weighted by atomic mass is 32.2. The third-order valence-electron chi connectivity index (χ3n) is 4.62. The quantitative estimate of drug-likeness (QED) is 0.877. The molecule has 0 spiro atoms. The van der Waals surface area contributed by atoms with E-state index in [9.17, 15) is 8.42 Å². The van der Waals surface area contributed by atoms with Crippen LogP contribution in [0.3, 0.4) is 0 Å². The van der Waals surface area contributed by atoms with E-state index >= 15 is 0 Å². The van der Waals surface area contributed by atoms with Crippen LogP contribution in [0.2, 0.25) is 0 Å². The molecule has 0 aromatic heterocycles. The Bertz CT molecular complexity index is 558. The van der Waals surface area contributed by atoms with E-state index in [4.69, 9.17) is 0 Å². The van der Waals surface area contributed by atoms with Crippen LogP contribution in [0.5, 0.6) is 0 Å². The van der Waals surface area contributed by atoms with Crippen LogP contribution in [0.25, 0.3) is 0 Å². The SMILES string of the molecule is CS(=O)(=O)N1CC[C@@]2(c3ccccc3)CCNC[C@@H]12. The van der Waals surface area contributed by atoms with Gasteiger partial charge in [-0.25, -0.2) is 8.42 Å². The minimum Gasteiger partial charge on any atom is -0.315 e. The third-order valence-corrected chi connectivity index (χ3v) is 5.91. The lowest BCUT2D eigenvalue weighted by atomic mass is 9.70. The number of hydrogen-bond donors (Lipinski definition) is 1. The summed E-state index contributed by atoms with van der Waals surface area (Å²) >= 11 is 0. The lowest BCUT2D eigenvalue weighted by molar-refractivity contribution is 0.234. The zero-order valence-corrected chi connectivity index (χ0v) is 12.0. The number of piperidine rings is 1. The topological polar surface area (TPSA) is 49.4 Å². The van der Waals surface area contributed by atoms with E-state index < -0.39 is 10.0 Å². The minimum absolute atomic E-state index is 0.00437. The molecular formula is C14H20N2O2S. The molecule has 2 aliphatic rings. The monoisotopic (exact) mass is 280 g/mol. The van der Waals surface area contributed by atoms with Gasteiger partial charge in [-0.1, -0.05) is 30.3 Å². The first-order chi connectivity index (χ1) is 9.04. The van der Waals surface area contributed by atoms with Gasteiger partial charge in [-0.15, -0.1) is 0 Å². The Morgan fingerprint density at radius 2 is 2.00 bits per heavy atom. The molecule has 2 atom stereocenters. The molecule has 4 nitrogen and oxygen atoms in total. The second kappa shape index (κ2) is 4.58. The van der Waals surface area contributed by atoms with Gasteiger partial charge in [0, 0.05) is 24.5 Å². The Morgan fingerprint density at radius 1 is 1.26 bits per heavy atom. The second-order valence-electron chi connectivity index (χ2n) is 5.62. The van der Waals surface area contributed by atoms with E-state index in [1.165, 1.54) is 11.8 Å². The molecule has 0 aliphatic carbocycles. The first kappa shape index (κ1) is 13.1. The zero-order valence-electron chi connectivity index (χ0n) is 11.2. The third kappa shape index (κ3) is 2.10. The lowest BCUT2D eigenvalue weighted by Gasteiger charge is -2.42. The van der Waals surface area contributed by atoms with Crippen LogP contribution in [0, 0.1) is 0 Å². The lowest BCUT2D eigenvalue weighted by Crippen LogP contribution is -2.55. The molecule has 0 amide bonds. The average Bonchev–Trinajstić information content (AvgIpc) is 2.80. The van der Waals surface area contributed by atoms with Gasteiger partial charge in [-0.3, -0.25) is 0 Å². The van der Waals surface area contributed by atoms with Gasteiger partial charge in [0.05, 0.1) is 6.26 Å². The first-order valence-corrected chi connectivity index (χ1v) is 8.62. The Kier molecular flexibility index (Phi) is 3.15. The van der Waals surface area contributed by atoms with Crippen LogP contribution in [0.4, 0.5) is 0 Å². The molecule has 0 unspecified atom stereocenters. The maximum atomic E-state index is 12.0. The number of fused-ring (bicyclic) bond motifs is 1. The van der Waals surface area contributed by atoms with Crippen molar-refractivity contribution in [3.05, 3.63) is 35.9 Å². The number of benzene rings is 1. The molecule has 104 valence electrons. The van der Waals surface area contributed by atoms with Gasteiger partial charge in [-0.05, 0) is 24.9 Å². The van der Waals surface area contributed by atoms with Crippen molar-refractivity contribution in [2.24, 2.45) is 0 Å². The van der Waals surface area contributed by atoms with Crippen molar-refractivity contribution < 1.29 is 8.42 Å². The molecule has 2 fully saturated rings. The number of hydrogen-bond acceptors (Lipinski definition) is 3. The Labute approximate surface area is 114 Å². The van der Waals surface area contributed by atoms with E-state index in [1.54, 1.807) is 4.31 Å². The summed E-state index contributed by atoms with van der Waals surface area (Å²) in [5.41, 5.74) is 1.28.